The van der Waals surface area contributed by atoms with Crippen molar-refractivity contribution in [2.45, 2.75) is 77.0 Å². The molecule has 0 aromatic rings. The minimum atomic E-state index is -1.52. The summed E-state index contributed by atoms with van der Waals surface area (Å²) >= 11 is 13.5. The molecule has 0 aromatic heterocycles. The molecule has 0 bridgehead atoms. The van der Waals surface area contributed by atoms with Crippen LogP contribution in [0.4, 0.5) is 4.39 Å². The van der Waals surface area contributed by atoms with Crippen molar-refractivity contribution in [3.05, 3.63) is 22.9 Å². The molecule has 0 spiro atoms. The summed E-state index contributed by atoms with van der Waals surface area (Å²) in [6, 6.07) is 0. The van der Waals surface area contributed by atoms with Gasteiger partial charge in [0.2, 0.25) is 11.5 Å². The lowest BCUT2D eigenvalue weighted by Crippen LogP contribution is -2.64. The lowest BCUT2D eigenvalue weighted by molar-refractivity contribution is -0.148. The first kappa shape index (κ1) is 26.5. The van der Waals surface area contributed by atoms with Crippen molar-refractivity contribution in [3.8, 4) is 0 Å². The van der Waals surface area contributed by atoms with E-state index in [-0.39, 0.29) is 47.8 Å². The Labute approximate surface area is 214 Å². The maximum Gasteiger partial charge on any atom is 0.303 e. The van der Waals surface area contributed by atoms with Crippen LogP contribution >= 0.6 is 23.2 Å². The van der Waals surface area contributed by atoms with Crippen LogP contribution in [0.25, 0.3) is 0 Å². The molecule has 35 heavy (non-hydrogen) atoms. The molecule has 0 unspecified atom stereocenters. The van der Waals surface area contributed by atoms with E-state index in [9.17, 15) is 29.7 Å². The first-order chi connectivity index (χ1) is 16.2. The zero-order valence-corrected chi connectivity index (χ0v) is 21.8. The lowest BCUT2D eigenvalue weighted by atomic mass is 9.43. The van der Waals surface area contributed by atoms with E-state index in [2.05, 4.69) is 6.92 Å². The average Bonchev–Trinajstić information content (AvgIpc) is 3.04. The molecule has 0 heterocycles. The fraction of sp³-hybridized carbons (Fsp3) is 0.731. The van der Waals surface area contributed by atoms with Crippen LogP contribution in [-0.4, -0.2) is 43.6 Å². The third kappa shape index (κ3) is 3.16. The number of carboxylic acid groups (broad SMARTS) is 1. The third-order valence-corrected chi connectivity index (χ3v) is 11.5. The highest BCUT2D eigenvalue weighted by Crippen LogP contribution is 2.75. The number of rotatable bonds is 6. The minimum absolute atomic E-state index is 0.0389. The highest BCUT2D eigenvalue weighted by Gasteiger charge is 2.73. The van der Waals surface area contributed by atoms with Crippen molar-refractivity contribution in [3.63, 3.8) is 0 Å². The average molecular weight is 531 g/mol. The monoisotopic (exact) mass is 530 g/mol. The lowest BCUT2D eigenvalue weighted by Gasteiger charge is -2.62. The Kier molecular flexibility index (Phi) is 6.41. The molecule has 0 amide bonds. The van der Waals surface area contributed by atoms with E-state index >= 15 is 4.39 Å². The molecule has 0 aliphatic heterocycles. The van der Waals surface area contributed by atoms with E-state index in [0.29, 0.717) is 38.5 Å². The Hall–Kier alpha value is -1.60. The Morgan fingerprint density at radius 3 is 2.40 bits per heavy atom. The van der Waals surface area contributed by atoms with Crippen LogP contribution in [0.1, 0.15) is 72.1 Å². The third-order valence-electron chi connectivity index (χ3n) is 10.5. The van der Waals surface area contributed by atoms with Crippen molar-refractivity contribution >= 4 is 40.7 Å². The van der Waals surface area contributed by atoms with E-state index in [4.69, 9.17) is 23.2 Å². The zero-order chi connectivity index (χ0) is 26.1. The molecule has 0 radical (unpaired) electrons. The van der Waals surface area contributed by atoms with Crippen LogP contribution in [0.2, 0.25) is 0 Å². The smallest absolute Gasteiger partial charge is 0.303 e. The van der Waals surface area contributed by atoms with Gasteiger partial charge in [-0.2, -0.15) is 0 Å². The van der Waals surface area contributed by atoms with Crippen molar-refractivity contribution < 1.29 is 34.1 Å². The van der Waals surface area contributed by atoms with E-state index in [1.54, 1.807) is 6.92 Å². The predicted octanol–water partition coefficient (Wildman–Crippen LogP) is 6.02. The first-order valence-corrected chi connectivity index (χ1v) is 13.2. The van der Waals surface area contributed by atoms with Crippen LogP contribution in [0, 0.1) is 34.0 Å². The quantitative estimate of drug-likeness (QED) is 0.362. The highest BCUT2D eigenvalue weighted by molar-refractivity contribution is 6.29. The van der Waals surface area contributed by atoms with E-state index < -0.39 is 50.2 Å². The van der Waals surface area contributed by atoms with Gasteiger partial charge in [-0.15, -0.1) is 23.2 Å². The number of halogens is 3. The Bertz CT molecular complexity index is 1050. The largest absolute Gasteiger partial charge is 0.502 e. The van der Waals surface area contributed by atoms with E-state index in [1.807, 2.05) is 6.92 Å². The van der Waals surface area contributed by atoms with Crippen LogP contribution < -0.4 is 0 Å². The number of Topliss-reactive ketones (excluding diaryl/α,β-unsaturated/α-hetero) is 2. The molecule has 3 saturated carbocycles. The second-order valence-corrected chi connectivity index (χ2v) is 12.3. The Morgan fingerprint density at radius 1 is 1.14 bits per heavy atom. The number of ketones is 2. The second-order valence-electron chi connectivity index (χ2n) is 11.4. The van der Waals surface area contributed by atoms with Gasteiger partial charge >= 0.3 is 5.97 Å². The van der Waals surface area contributed by atoms with Crippen LogP contribution in [0.15, 0.2) is 22.9 Å². The van der Waals surface area contributed by atoms with Crippen molar-refractivity contribution in [1.82, 2.24) is 0 Å². The van der Waals surface area contributed by atoms with Crippen LogP contribution in [-0.2, 0) is 14.4 Å². The number of aliphatic carboxylic acids is 1. The molecule has 4 rings (SSSR count). The standard InChI is InChI=1S/C26H33Cl2FO6/c1-13-11-16-14-6-7-15-19(29)20(33)21(34)22(35)24(15,3)26(14,28)10-9-23(16,2)25(13,17(30)12-27)8-4-5-18(31)32/h13-14,16,33-34H,4-12H2,1-3H3,(H,31,32)/t13-,14-,16-,23-,24+,25+,26+/m0/s1. The summed E-state index contributed by atoms with van der Waals surface area (Å²) in [4.78, 5) is 36.9. The number of fused-ring (bicyclic) bond motifs is 5. The van der Waals surface area contributed by atoms with Gasteiger partial charge in [-0.05, 0) is 80.6 Å². The summed E-state index contributed by atoms with van der Waals surface area (Å²) in [5.41, 5.74) is -2.73. The SMILES string of the molecule is C[C@H]1C[C@H]2[C@@H]3CCC4=C(F)C(O)=C(O)C(=O)[C@]4(C)[C@@]3(Cl)CC[C@]2(C)[C@@]1(CCCC(=O)O)C(=O)CCl. The topological polar surface area (TPSA) is 112 Å². The van der Waals surface area contributed by atoms with Crippen molar-refractivity contribution in [1.29, 1.82) is 0 Å². The van der Waals surface area contributed by atoms with Crippen molar-refractivity contribution in [2.24, 2.45) is 34.0 Å². The normalized spacial score (nSPS) is 43.0. The zero-order valence-electron chi connectivity index (χ0n) is 20.3. The molecule has 6 nitrogen and oxygen atoms in total. The van der Waals surface area contributed by atoms with E-state index in [0.717, 1.165) is 0 Å². The van der Waals surface area contributed by atoms with Gasteiger partial charge in [0.15, 0.2) is 17.4 Å². The Balaban J connectivity index is 1.80. The van der Waals surface area contributed by atoms with Gasteiger partial charge in [0.1, 0.15) is 0 Å². The fourth-order valence-electron chi connectivity index (χ4n) is 8.70. The first-order valence-electron chi connectivity index (χ1n) is 12.3. The maximum absolute atomic E-state index is 15.1. The summed E-state index contributed by atoms with van der Waals surface area (Å²) in [7, 11) is 0. The molecule has 7 atom stereocenters. The van der Waals surface area contributed by atoms with Gasteiger partial charge in [0, 0.05) is 11.8 Å². The number of alkyl halides is 2. The number of hydrogen-bond donors (Lipinski definition) is 3. The van der Waals surface area contributed by atoms with E-state index in [1.165, 1.54) is 0 Å². The van der Waals surface area contributed by atoms with Gasteiger partial charge in [0.05, 0.1) is 16.2 Å². The maximum atomic E-state index is 15.1. The van der Waals surface area contributed by atoms with Crippen LogP contribution in [0.3, 0.4) is 0 Å². The van der Waals surface area contributed by atoms with Gasteiger partial charge in [-0.3, -0.25) is 14.4 Å². The molecule has 0 saturated heterocycles. The summed E-state index contributed by atoms with van der Waals surface area (Å²) in [5, 5.41) is 29.5. The number of hydrogen-bond acceptors (Lipinski definition) is 5. The molecule has 3 fully saturated rings. The molecule has 4 aliphatic rings. The summed E-state index contributed by atoms with van der Waals surface area (Å²) in [5.74, 6) is -5.32. The number of aliphatic hydroxyl groups excluding tert-OH is 2. The molecular formula is C26H33Cl2FO6. The number of aliphatic hydroxyl groups is 2. The second kappa shape index (κ2) is 8.47. The molecule has 3 N–H and O–H groups in total. The van der Waals surface area contributed by atoms with Crippen LogP contribution in [0.5, 0.6) is 0 Å². The summed E-state index contributed by atoms with van der Waals surface area (Å²) < 4.78 is 15.1. The molecule has 9 heteroatoms. The van der Waals surface area contributed by atoms with Gasteiger partial charge < -0.3 is 15.3 Å². The van der Waals surface area contributed by atoms with Gasteiger partial charge in [0.25, 0.3) is 0 Å². The fourth-order valence-corrected chi connectivity index (χ4v) is 9.49. The molecule has 0 aromatic carbocycles. The summed E-state index contributed by atoms with van der Waals surface area (Å²) in [6.07, 6.45) is 2.86. The molecular weight excluding hydrogens is 498 g/mol. The Morgan fingerprint density at radius 2 is 1.80 bits per heavy atom. The molecule has 194 valence electrons. The number of carbonyl (C=O) groups is 3. The number of allylic oxidation sites excluding steroid dienone is 3. The predicted molar refractivity (Wildman–Crippen MR) is 129 cm³/mol. The minimum Gasteiger partial charge on any atom is -0.502 e. The van der Waals surface area contributed by atoms with Gasteiger partial charge in [-0.1, -0.05) is 13.8 Å². The van der Waals surface area contributed by atoms with Gasteiger partial charge in [-0.25, -0.2) is 4.39 Å². The molecule has 4 aliphatic carbocycles. The summed E-state index contributed by atoms with van der Waals surface area (Å²) in [6.45, 7) is 5.65. The highest BCUT2D eigenvalue weighted by atomic mass is 35.5. The number of carbonyl (C=O) groups excluding carboxylic acids is 2. The van der Waals surface area contributed by atoms with Crippen molar-refractivity contribution in [2.75, 3.05) is 5.88 Å². The number of carboxylic acids is 1.